The Morgan fingerprint density at radius 1 is 1.27 bits per heavy atom. The standard InChI is InChI=1S/C26H35N7O4/c1-27-23-13-22(30-21-7-4-9-32(26(21)36)18-5-3-6-19(12-18)37-2)31-24-20(15-29-33(23)24)25(35)28-14-17-11-16(17)8-10-34/h4,7,9,13,15-19,27,34H,3,5-6,8,10-12,14H2,1-2H3,(H,28,35)(H,30,31)/t16?,17?,18-,19-/m1/s1. The molecule has 3 aromatic heterocycles. The third-order valence-electron chi connectivity index (χ3n) is 7.63. The summed E-state index contributed by atoms with van der Waals surface area (Å²) in [6.07, 6.45) is 9.07. The van der Waals surface area contributed by atoms with Gasteiger partial charge in [-0.05, 0) is 62.5 Å². The van der Waals surface area contributed by atoms with Gasteiger partial charge in [0.1, 0.15) is 22.9 Å². The summed E-state index contributed by atoms with van der Waals surface area (Å²) in [5, 5.41) is 22.7. The Balaban J connectivity index is 1.37. The van der Waals surface area contributed by atoms with Gasteiger partial charge < -0.3 is 30.4 Å². The first-order valence-electron chi connectivity index (χ1n) is 13.0. The Morgan fingerprint density at radius 2 is 2.14 bits per heavy atom. The number of aliphatic hydroxyl groups excluding tert-OH is 1. The van der Waals surface area contributed by atoms with E-state index in [0.717, 1.165) is 38.5 Å². The molecule has 198 valence electrons. The molecule has 4 N–H and O–H groups in total. The molecule has 3 aromatic rings. The van der Waals surface area contributed by atoms with Crippen LogP contribution < -0.4 is 21.5 Å². The number of pyridine rings is 1. The Bertz CT molecular complexity index is 1320. The Kier molecular flexibility index (Phi) is 7.43. The number of amides is 1. The zero-order valence-electron chi connectivity index (χ0n) is 21.3. The molecule has 4 atom stereocenters. The van der Waals surface area contributed by atoms with E-state index in [4.69, 9.17) is 9.84 Å². The highest BCUT2D eigenvalue weighted by Crippen LogP contribution is 2.40. The smallest absolute Gasteiger partial charge is 0.274 e. The summed E-state index contributed by atoms with van der Waals surface area (Å²) in [6, 6.07) is 5.44. The summed E-state index contributed by atoms with van der Waals surface area (Å²) in [5.41, 5.74) is 1.04. The van der Waals surface area contributed by atoms with Crippen molar-refractivity contribution in [2.45, 2.75) is 50.7 Å². The summed E-state index contributed by atoms with van der Waals surface area (Å²) in [4.78, 5) is 31.0. The van der Waals surface area contributed by atoms with Gasteiger partial charge in [0.25, 0.3) is 11.5 Å². The second-order valence-corrected chi connectivity index (χ2v) is 9.99. The highest BCUT2D eigenvalue weighted by molar-refractivity contribution is 6.00. The number of ether oxygens (including phenoxy) is 1. The van der Waals surface area contributed by atoms with Crippen LogP contribution in [0.1, 0.15) is 54.9 Å². The van der Waals surface area contributed by atoms with Gasteiger partial charge in [0.05, 0.1) is 12.3 Å². The van der Waals surface area contributed by atoms with E-state index in [1.165, 1.54) is 6.20 Å². The maximum Gasteiger partial charge on any atom is 0.274 e. The molecule has 11 nitrogen and oxygen atoms in total. The molecule has 11 heteroatoms. The summed E-state index contributed by atoms with van der Waals surface area (Å²) < 4.78 is 8.90. The zero-order chi connectivity index (χ0) is 25.9. The average Bonchev–Trinajstić information content (AvgIpc) is 3.52. The predicted molar refractivity (Wildman–Crippen MR) is 140 cm³/mol. The normalized spacial score (nSPS) is 23.1. The number of carbonyl (C=O) groups excluding carboxylic acids is 1. The van der Waals surface area contributed by atoms with Gasteiger partial charge in [-0.2, -0.15) is 9.61 Å². The molecule has 2 fully saturated rings. The maximum absolute atomic E-state index is 13.4. The van der Waals surface area contributed by atoms with Gasteiger partial charge in [0, 0.05) is 45.6 Å². The Hall–Kier alpha value is -3.44. The molecule has 0 saturated heterocycles. The van der Waals surface area contributed by atoms with Gasteiger partial charge in [-0.1, -0.05) is 0 Å². The SMILES string of the molecule is CNc1cc(Nc2cccn([C@@H]3CCC[C@@H](OC)C3)c2=O)nc2c(C(=O)NCC3CC3CCO)cnn12. The average molecular weight is 510 g/mol. The van der Waals surface area contributed by atoms with Crippen LogP contribution in [0.15, 0.2) is 35.4 Å². The number of nitrogens with one attached hydrogen (secondary N) is 3. The van der Waals surface area contributed by atoms with E-state index in [1.54, 1.807) is 35.4 Å². The van der Waals surface area contributed by atoms with Gasteiger partial charge >= 0.3 is 0 Å². The van der Waals surface area contributed by atoms with E-state index in [-0.39, 0.29) is 30.2 Å². The van der Waals surface area contributed by atoms with Crippen LogP contribution in [0, 0.1) is 11.8 Å². The summed E-state index contributed by atoms with van der Waals surface area (Å²) in [6.45, 7) is 0.739. The lowest BCUT2D eigenvalue weighted by Crippen LogP contribution is -2.31. The number of aliphatic hydroxyl groups is 1. The first-order chi connectivity index (χ1) is 18.0. The molecule has 0 spiro atoms. The fourth-order valence-corrected chi connectivity index (χ4v) is 5.38. The molecule has 3 heterocycles. The predicted octanol–water partition coefficient (Wildman–Crippen LogP) is 2.55. The summed E-state index contributed by atoms with van der Waals surface area (Å²) in [5.74, 6) is 1.69. The molecular formula is C26H35N7O4. The van der Waals surface area contributed by atoms with Gasteiger partial charge in [-0.15, -0.1) is 0 Å². The minimum absolute atomic E-state index is 0.0878. The number of nitrogens with zero attached hydrogens (tertiary/aromatic N) is 4. The molecule has 0 bridgehead atoms. The minimum Gasteiger partial charge on any atom is -0.396 e. The lowest BCUT2D eigenvalue weighted by Gasteiger charge is -2.29. The van der Waals surface area contributed by atoms with Crippen molar-refractivity contribution < 1.29 is 14.6 Å². The van der Waals surface area contributed by atoms with Crippen molar-refractivity contribution in [2.75, 3.05) is 37.9 Å². The quantitative estimate of drug-likeness (QED) is 0.328. The van der Waals surface area contributed by atoms with Gasteiger partial charge in [-0.25, -0.2) is 4.98 Å². The topological polar surface area (TPSA) is 135 Å². The second kappa shape index (κ2) is 10.9. The highest BCUT2D eigenvalue weighted by atomic mass is 16.5. The number of aromatic nitrogens is 4. The van der Waals surface area contributed by atoms with Crippen molar-refractivity contribution in [1.29, 1.82) is 0 Å². The van der Waals surface area contributed by atoms with Crippen LogP contribution in [-0.4, -0.2) is 63.6 Å². The summed E-state index contributed by atoms with van der Waals surface area (Å²) in [7, 11) is 3.49. The van der Waals surface area contributed by atoms with Crippen molar-refractivity contribution in [1.82, 2.24) is 24.5 Å². The minimum atomic E-state index is -0.247. The van der Waals surface area contributed by atoms with Crippen molar-refractivity contribution in [2.24, 2.45) is 11.8 Å². The van der Waals surface area contributed by atoms with Crippen LogP contribution in [0.25, 0.3) is 5.65 Å². The third kappa shape index (κ3) is 5.33. The van der Waals surface area contributed by atoms with Gasteiger partial charge in [0.15, 0.2) is 5.65 Å². The zero-order valence-corrected chi connectivity index (χ0v) is 21.3. The number of hydrogen-bond acceptors (Lipinski definition) is 8. The molecule has 2 aliphatic rings. The molecule has 2 unspecified atom stereocenters. The molecule has 0 aromatic carbocycles. The highest BCUT2D eigenvalue weighted by Gasteiger charge is 2.36. The Labute approximate surface area is 215 Å². The van der Waals surface area contributed by atoms with Crippen molar-refractivity contribution in [3.05, 3.63) is 46.5 Å². The summed E-state index contributed by atoms with van der Waals surface area (Å²) >= 11 is 0. The van der Waals surface area contributed by atoms with Crippen molar-refractivity contribution >= 4 is 28.9 Å². The number of rotatable bonds is 10. The molecule has 0 radical (unpaired) electrons. The second-order valence-electron chi connectivity index (χ2n) is 9.99. The van der Waals surface area contributed by atoms with Crippen LogP contribution in [0.3, 0.4) is 0 Å². The van der Waals surface area contributed by atoms with Gasteiger partial charge in [0.2, 0.25) is 0 Å². The number of methoxy groups -OCH3 is 1. The van der Waals surface area contributed by atoms with E-state index in [2.05, 4.69) is 26.0 Å². The van der Waals surface area contributed by atoms with Crippen molar-refractivity contribution in [3.8, 4) is 0 Å². The first-order valence-corrected chi connectivity index (χ1v) is 13.0. The van der Waals surface area contributed by atoms with E-state index >= 15 is 0 Å². The van der Waals surface area contributed by atoms with Crippen LogP contribution in [-0.2, 0) is 4.74 Å². The molecule has 37 heavy (non-hydrogen) atoms. The van der Waals surface area contributed by atoms with Crippen molar-refractivity contribution in [3.63, 3.8) is 0 Å². The van der Waals surface area contributed by atoms with Crippen LogP contribution in [0.5, 0.6) is 0 Å². The fraction of sp³-hybridized carbons (Fsp3) is 0.538. The fourth-order valence-electron chi connectivity index (χ4n) is 5.38. The Morgan fingerprint density at radius 3 is 2.92 bits per heavy atom. The molecule has 2 saturated carbocycles. The largest absolute Gasteiger partial charge is 0.396 e. The third-order valence-corrected chi connectivity index (χ3v) is 7.63. The van der Waals surface area contributed by atoms with E-state index in [1.807, 2.05) is 12.3 Å². The maximum atomic E-state index is 13.4. The monoisotopic (exact) mass is 509 g/mol. The van der Waals surface area contributed by atoms with E-state index in [9.17, 15) is 9.59 Å². The first kappa shape index (κ1) is 25.2. The lowest BCUT2D eigenvalue weighted by molar-refractivity contribution is 0.0525. The number of carbonyl (C=O) groups is 1. The molecular weight excluding hydrogens is 474 g/mol. The molecule has 5 rings (SSSR count). The molecule has 1 amide bonds. The molecule has 0 aliphatic heterocycles. The number of hydrogen-bond donors (Lipinski definition) is 4. The van der Waals surface area contributed by atoms with E-state index in [0.29, 0.717) is 46.9 Å². The molecule has 2 aliphatic carbocycles. The van der Waals surface area contributed by atoms with Crippen LogP contribution in [0.2, 0.25) is 0 Å². The number of fused-ring (bicyclic) bond motifs is 1. The lowest BCUT2D eigenvalue weighted by atomic mass is 9.92. The van der Waals surface area contributed by atoms with Crippen LogP contribution in [0.4, 0.5) is 17.3 Å². The van der Waals surface area contributed by atoms with E-state index < -0.39 is 0 Å². The van der Waals surface area contributed by atoms with Gasteiger partial charge in [-0.3, -0.25) is 9.59 Å². The number of anilines is 3. The van der Waals surface area contributed by atoms with Crippen LogP contribution >= 0.6 is 0 Å².